The molecule has 1 saturated heterocycles. The summed E-state index contributed by atoms with van der Waals surface area (Å²) >= 11 is 0. The molecule has 0 spiro atoms. The molecule has 0 radical (unpaired) electrons. The molecule has 0 saturated carbocycles. The van der Waals surface area contributed by atoms with Crippen molar-refractivity contribution >= 4 is 33.5 Å². The van der Waals surface area contributed by atoms with Crippen LogP contribution in [0.15, 0.2) is 54.9 Å². The summed E-state index contributed by atoms with van der Waals surface area (Å²) in [4.78, 5) is 28.1. The number of anilines is 1. The molecule has 3 heterocycles. The van der Waals surface area contributed by atoms with E-state index in [0.29, 0.717) is 10.9 Å². The van der Waals surface area contributed by atoms with Gasteiger partial charge in [-0.3, -0.25) is 4.79 Å². The van der Waals surface area contributed by atoms with E-state index in [1.165, 1.54) is 11.0 Å². The quantitative estimate of drug-likeness (QED) is 0.205. The lowest BCUT2D eigenvalue weighted by molar-refractivity contribution is -0.140. The van der Waals surface area contributed by atoms with E-state index in [1.807, 2.05) is 37.3 Å². The average molecular weight is 579 g/mol. The zero-order chi connectivity index (χ0) is 30.2. The van der Waals surface area contributed by atoms with Crippen LogP contribution in [0.5, 0.6) is 6.01 Å². The third-order valence-corrected chi connectivity index (χ3v) is 7.18. The van der Waals surface area contributed by atoms with Gasteiger partial charge in [-0.15, -0.1) is 0 Å². The number of carbonyl (C=O) groups excluding carboxylic acids is 1. The number of carbonyl (C=O) groups is 1. The number of aryl methyl sites for hydroxylation is 1. The summed E-state index contributed by atoms with van der Waals surface area (Å²) in [5.41, 5.74) is -0.0572. The Morgan fingerprint density at radius 1 is 1.14 bits per heavy atom. The minimum absolute atomic E-state index is 0.00242. The summed E-state index contributed by atoms with van der Waals surface area (Å²) in [5, 5.41) is 10.8. The molecule has 4 aromatic rings. The highest BCUT2D eigenvalue weighted by atomic mass is 19.4. The van der Waals surface area contributed by atoms with Crippen molar-refractivity contribution in [2.24, 2.45) is 0 Å². The van der Waals surface area contributed by atoms with Crippen LogP contribution in [0.1, 0.15) is 24.6 Å². The second-order valence-corrected chi connectivity index (χ2v) is 9.86. The van der Waals surface area contributed by atoms with Crippen molar-refractivity contribution < 1.29 is 27.1 Å². The fraction of sp³-hybridized carbons (Fsp3) is 0.300. The largest absolute Gasteiger partial charge is 0.464 e. The van der Waals surface area contributed by atoms with Gasteiger partial charge >= 0.3 is 12.2 Å². The molecular weight excluding hydrogens is 552 g/mol. The molecule has 1 atom stereocenters. The summed E-state index contributed by atoms with van der Waals surface area (Å²) in [6.45, 7) is 6.89. The molecule has 42 heavy (non-hydrogen) atoms. The molecule has 8 nitrogen and oxygen atoms in total. The molecule has 1 fully saturated rings. The molecule has 0 bridgehead atoms. The van der Waals surface area contributed by atoms with Gasteiger partial charge in [0.1, 0.15) is 5.52 Å². The van der Waals surface area contributed by atoms with Gasteiger partial charge in [0, 0.05) is 25.2 Å². The molecule has 216 valence electrons. The predicted octanol–water partition coefficient (Wildman–Crippen LogP) is 5.99. The smallest absolute Gasteiger partial charge is 0.433 e. The van der Waals surface area contributed by atoms with E-state index < -0.39 is 29.6 Å². The number of piperazine rings is 1. The number of fused-ring (bicyclic) bond motifs is 2. The SMILES string of the molecule is C=C(F)C(=O)N1CCN(c2nc(OCC)nc3cc(-c4cccc5cccc(C)c45)c(C(F)(F)F)nc23)C[C@@H]1CC#N. The van der Waals surface area contributed by atoms with E-state index in [4.69, 9.17) is 4.74 Å². The van der Waals surface area contributed by atoms with Gasteiger partial charge < -0.3 is 14.5 Å². The zero-order valence-corrected chi connectivity index (χ0v) is 22.9. The first-order valence-electron chi connectivity index (χ1n) is 13.2. The van der Waals surface area contributed by atoms with Crippen LogP contribution in [0, 0.1) is 18.3 Å². The van der Waals surface area contributed by atoms with Gasteiger partial charge in [-0.25, -0.2) is 9.37 Å². The molecule has 0 aliphatic carbocycles. The monoisotopic (exact) mass is 578 g/mol. The van der Waals surface area contributed by atoms with Crippen molar-refractivity contribution in [3.05, 3.63) is 66.1 Å². The highest BCUT2D eigenvalue weighted by Gasteiger charge is 2.38. The average Bonchev–Trinajstić information content (AvgIpc) is 2.95. The molecule has 0 N–H and O–H groups in total. The van der Waals surface area contributed by atoms with E-state index in [9.17, 15) is 27.6 Å². The van der Waals surface area contributed by atoms with Gasteiger partial charge in [-0.1, -0.05) is 43.0 Å². The maximum atomic E-state index is 14.6. The lowest BCUT2D eigenvalue weighted by Gasteiger charge is -2.41. The first kappa shape index (κ1) is 28.7. The number of rotatable bonds is 6. The Labute approximate surface area is 238 Å². The fourth-order valence-electron chi connectivity index (χ4n) is 5.36. The number of hydrogen-bond acceptors (Lipinski definition) is 7. The van der Waals surface area contributed by atoms with Crippen molar-refractivity contribution in [2.75, 3.05) is 31.1 Å². The molecular formula is C30H26F4N6O2. The third kappa shape index (κ3) is 5.30. The second-order valence-electron chi connectivity index (χ2n) is 9.86. The van der Waals surface area contributed by atoms with Crippen molar-refractivity contribution in [3.8, 4) is 23.2 Å². The normalized spacial score (nSPS) is 15.6. The third-order valence-electron chi connectivity index (χ3n) is 7.18. The highest BCUT2D eigenvalue weighted by Crippen LogP contribution is 2.42. The highest BCUT2D eigenvalue weighted by molar-refractivity contribution is 6.01. The van der Waals surface area contributed by atoms with Crippen molar-refractivity contribution in [1.29, 1.82) is 5.26 Å². The summed E-state index contributed by atoms with van der Waals surface area (Å²) in [5.74, 6) is -2.04. The minimum atomic E-state index is -4.82. The van der Waals surface area contributed by atoms with E-state index in [0.717, 1.165) is 10.9 Å². The Morgan fingerprint density at radius 3 is 2.55 bits per heavy atom. The van der Waals surface area contributed by atoms with Crippen molar-refractivity contribution in [1.82, 2.24) is 19.9 Å². The van der Waals surface area contributed by atoms with Crippen LogP contribution in [-0.2, 0) is 11.0 Å². The Hall–Kier alpha value is -4.79. The molecule has 2 aromatic carbocycles. The molecule has 1 aliphatic heterocycles. The molecule has 2 aromatic heterocycles. The van der Waals surface area contributed by atoms with Gasteiger partial charge in [0.15, 0.2) is 17.3 Å². The number of ether oxygens (including phenoxy) is 1. The van der Waals surface area contributed by atoms with Gasteiger partial charge in [0.2, 0.25) is 0 Å². The first-order valence-corrected chi connectivity index (χ1v) is 13.2. The van der Waals surface area contributed by atoms with Gasteiger partial charge in [-0.05, 0) is 41.8 Å². The van der Waals surface area contributed by atoms with Gasteiger partial charge in [0.05, 0.1) is 30.7 Å². The van der Waals surface area contributed by atoms with Gasteiger partial charge in [-0.2, -0.15) is 28.4 Å². The molecule has 5 rings (SSSR count). The van der Waals surface area contributed by atoms with Crippen LogP contribution in [-0.4, -0.2) is 58.0 Å². The predicted molar refractivity (Wildman–Crippen MR) is 149 cm³/mol. The van der Waals surface area contributed by atoms with Crippen molar-refractivity contribution in [2.45, 2.75) is 32.5 Å². The second kappa shape index (κ2) is 11.2. The number of hydrogen-bond donors (Lipinski definition) is 0. The molecule has 1 amide bonds. The van der Waals surface area contributed by atoms with Crippen molar-refractivity contribution in [3.63, 3.8) is 0 Å². The summed E-state index contributed by atoms with van der Waals surface area (Å²) in [6.07, 6.45) is -4.96. The topological polar surface area (TPSA) is 95.2 Å². The van der Waals surface area contributed by atoms with E-state index in [2.05, 4.69) is 21.5 Å². The van der Waals surface area contributed by atoms with Crippen LogP contribution in [0.3, 0.4) is 0 Å². The number of nitrogens with zero attached hydrogens (tertiary/aromatic N) is 6. The molecule has 0 unspecified atom stereocenters. The summed E-state index contributed by atoms with van der Waals surface area (Å²) < 4.78 is 63.2. The Kier molecular flexibility index (Phi) is 7.69. The number of alkyl halides is 3. The van der Waals surface area contributed by atoms with Crippen LogP contribution in [0.25, 0.3) is 32.9 Å². The van der Waals surface area contributed by atoms with E-state index in [1.54, 1.807) is 24.0 Å². The number of aromatic nitrogens is 3. The minimum Gasteiger partial charge on any atom is -0.464 e. The standard InChI is InChI=1S/C30H26F4N6O2/c1-4-42-29-36-23-15-22(21-10-6-9-19-8-5-7-17(2)24(19)21)26(30(32,33)34)37-25(23)27(38-29)39-13-14-40(28(41)18(3)31)20(16-39)11-12-35/h5-10,15,20H,3-4,11,13-14,16H2,1-2H3/t20-/m0/s1. The molecule has 12 heteroatoms. The Balaban J connectivity index is 1.72. The number of benzene rings is 2. The van der Waals surface area contributed by atoms with Crippen LogP contribution < -0.4 is 9.64 Å². The lowest BCUT2D eigenvalue weighted by atomic mass is 9.93. The van der Waals surface area contributed by atoms with Crippen LogP contribution in [0.4, 0.5) is 23.4 Å². The fourth-order valence-corrected chi connectivity index (χ4v) is 5.36. The number of nitriles is 1. The Morgan fingerprint density at radius 2 is 1.88 bits per heavy atom. The zero-order valence-electron chi connectivity index (χ0n) is 22.9. The summed E-state index contributed by atoms with van der Waals surface area (Å²) in [6, 6.07) is 13.2. The molecule has 1 aliphatic rings. The lowest BCUT2D eigenvalue weighted by Crippen LogP contribution is -2.55. The first-order chi connectivity index (χ1) is 20.0. The number of amides is 1. The van der Waals surface area contributed by atoms with E-state index in [-0.39, 0.29) is 61.1 Å². The Bertz CT molecular complexity index is 1750. The van der Waals surface area contributed by atoms with E-state index >= 15 is 0 Å². The maximum absolute atomic E-state index is 14.6. The number of halogens is 4. The van der Waals surface area contributed by atoms with Gasteiger partial charge in [0.25, 0.3) is 5.91 Å². The van der Waals surface area contributed by atoms with Crippen LogP contribution >= 0.6 is 0 Å². The number of pyridine rings is 1. The van der Waals surface area contributed by atoms with Crippen LogP contribution in [0.2, 0.25) is 0 Å². The summed E-state index contributed by atoms with van der Waals surface area (Å²) in [7, 11) is 0. The maximum Gasteiger partial charge on any atom is 0.433 e.